The summed E-state index contributed by atoms with van der Waals surface area (Å²) in [5.41, 5.74) is 2.14. The Bertz CT molecular complexity index is 888. The van der Waals surface area contributed by atoms with E-state index in [1.54, 1.807) is 20.0 Å². The van der Waals surface area contributed by atoms with Crippen LogP contribution in [0.15, 0.2) is 41.7 Å². The normalized spacial score (nSPS) is 17.3. The van der Waals surface area contributed by atoms with Gasteiger partial charge in [0.05, 0.1) is 23.2 Å². The summed E-state index contributed by atoms with van der Waals surface area (Å²) >= 11 is 0. The summed E-state index contributed by atoms with van der Waals surface area (Å²) in [6.45, 7) is 9.56. The predicted octanol–water partition coefficient (Wildman–Crippen LogP) is 3.70. The molecule has 2 aromatic rings. The zero-order chi connectivity index (χ0) is 21.6. The first-order valence-corrected chi connectivity index (χ1v) is 12.6. The number of hydrogen-bond donors (Lipinski definition) is 0. The maximum absolute atomic E-state index is 13.0. The molecule has 6 nitrogen and oxygen atoms in total. The van der Waals surface area contributed by atoms with E-state index in [0.717, 1.165) is 51.1 Å². The number of aryl methyl sites for hydroxylation is 1. The van der Waals surface area contributed by atoms with Gasteiger partial charge >= 0.3 is 0 Å². The Hall–Kier alpha value is -1.70. The van der Waals surface area contributed by atoms with Gasteiger partial charge in [-0.05, 0) is 51.6 Å². The molecule has 0 saturated carbocycles. The van der Waals surface area contributed by atoms with Crippen LogP contribution in [0.5, 0.6) is 0 Å². The van der Waals surface area contributed by atoms with Gasteiger partial charge in [0.15, 0.2) is 0 Å². The van der Waals surface area contributed by atoms with Crippen LogP contribution in [0.4, 0.5) is 0 Å². The minimum Gasteiger partial charge on any atom is -0.377 e. The number of aromatic nitrogens is 2. The molecule has 2 heterocycles. The van der Waals surface area contributed by atoms with Crippen LogP contribution in [-0.4, -0.2) is 53.9 Å². The van der Waals surface area contributed by atoms with Crippen LogP contribution in [-0.2, 0) is 34.1 Å². The highest BCUT2D eigenvalue weighted by Gasteiger charge is 2.27. The maximum Gasteiger partial charge on any atom is 0.228 e. The molecule has 30 heavy (non-hydrogen) atoms. The number of benzene rings is 1. The van der Waals surface area contributed by atoms with E-state index in [4.69, 9.17) is 4.74 Å². The molecule has 1 atom stereocenters. The summed E-state index contributed by atoms with van der Waals surface area (Å²) in [5.74, 6) is 0. The van der Waals surface area contributed by atoms with Gasteiger partial charge in [-0.15, -0.1) is 0 Å². The van der Waals surface area contributed by atoms with Crippen molar-refractivity contribution in [2.75, 3.05) is 19.7 Å². The van der Waals surface area contributed by atoms with Crippen molar-refractivity contribution < 1.29 is 13.2 Å². The van der Waals surface area contributed by atoms with Gasteiger partial charge in [0.25, 0.3) is 0 Å². The van der Waals surface area contributed by atoms with Crippen LogP contribution in [0.2, 0.25) is 0 Å². The molecule has 1 fully saturated rings. The van der Waals surface area contributed by atoms with Crippen molar-refractivity contribution in [1.82, 2.24) is 14.5 Å². The Kier molecular flexibility index (Phi) is 8.08. The van der Waals surface area contributed by atoms with Crippen LogP contribution in [0.25, 0.3) is 0 Å². The summed E-state index contributed by atoms with van der Waals surface area (Å²) in [7, 11) is -3.45. The summed E-state index contributed by atoms with van der Waals surface area (Å²) < 4.78 is 33.7. The van der Waals surface area contributed by atoms with Gasteiger partial charge < -0.3 is 9.30 Å². The summed E-state index contributed by atoms with van der Waals surface area (Å²) in [4.78, 5) is 6.76. The van der Waals surface area contributed by atoms with Crippen molar-refractivity contribution in [3.8, 4) is 0 Å². The maximum atomic E-state index is 13.0. The number of imidazole rings is 1. The molecular formula is C23H35N3O3S. The van der Waals surface area contributed by atoms with Crippen molar-refractivity contribution in [1.29, 1.82) is 0 Å². The fourth-order valence-corrected chi connectivity index (χ4v) is 5.07. The second kappa shape index (κ2) is 10.6. The Morgan fingerprint density at radius 2 is 2.03 bits per heavy atom. The van der Waals surface area contributed by atoms with Gasteiger partial charge in [-0.1, -0.05) is 37.3 Å². The minimum absolute atomic E-state index is 0.192. The molecule has 0 unspecified atom stereocenters. The first-order valence-electron chi connectivity index (χ1n) is 11.1. The van der Waals surface area contributed by atoms with Gasteiger partial charge in [-0.2, -0.15) is 0 Å². The van der Waals surface area contributed by atoms with E-state index in [0.29, 0.717) is 13.1 Å². The Labute approximate surface area is 181 Å². The largest absolute Gasteiger partial charge is 0.377 e. The van der Waals surface area contributed by atoms with Gasteiger partial charge in [-0.25, -0.2) is 13.4 Å². The minimum atomic E-state index is -3.45. The summed E-state index contributed by atoms with van der Waals surface area (Å²) in [6.07, 6.45) is 6.05. The number of rotatable bonds is 11. The molecule has 0 aliphatic carbocycles. The zero-order valence-electron chi connectivity index (χ0n) is 18.5. The van der Waals surface area contributed by atoms with E-state index in [-0.39, 0.29) is 11.3 Å². The fraction of sp³-hybridized carbons (Fsp3) is 0.609. The highest BCUT2D eigenvalue weighted by molar-refractivity contribution is 7.91. The quantitative estimate of drug-likeness (QED) is 0.541. The van der Waals surface area contributed by atoms with Crippen LogP contribution >= 0.6 is 0 Å². The van der Waals surface area contributed by atoms with E-state index in [2.05, 4.69) is 28.9 Å². The Balaban J connectivity index is 1.85. The zero-order valence-corrected chi connectivity index (χ0v) is 19.3. The second-order valence-corrected chi connectivity index (χ2v) is 10.8. The molecule has 0 radical (unpaired) electrons. The highest BCUT2D eigenvalue weighted by Crippen LogP contribution is 2.21. The lowest BCUT2D eigenvalue weighted by Crippen LogP contribution is -2.33. The average Bonchev–Trinajstić information content (AvgIpc) is 3.37. The molecule has 0 bridgehead atoms. The predicted molar refractivity (Wildman–Crippen MR) is 119 cm³/mol. The third-order valence-electron chi connectivity index (χ3n) is 5.65. The first-order chi connectivity index (χ1) is 14.4. The van der Waals surface area contributed by atoms with E-state index in [9.17, 15) is 8.42 Å². The van der Waals surface area contributed by atoms with E-state index in [1.807, 2.05) is 22.8 Å². The second-order valence-electron chi connectivity index (χ2n) is 8.38. The first kappa shape index (κ1) is 23.0. The smallest absolute Gasteiger partial charge is 0.228 e. The van der Waals surface area contributed by atoms with Crippen molar-refractivity contribution in [3.63, 3.8) is 0 Å². The van der Waals surface area contributed by atoms with Crippen molar-refractivity contribution in [3.05, 3.63) is 47.8 Å². The molecule has 1 aromatic carbocycles. The van der Waals surface area contributed by atoms with E-state index >= 15 is 0 Å². The number of nitrogens with zero attached hydrogens (tertiary/aromatic N) is 3. The molecule has 1 aliphatic rings. The van der Waals surface area contributed by atoms with Crippen LogP contribution < -0.4 is 0 Å². The fourth-order valence-electron chi connectivity index (χ4n) is 3.94. The Morgan fingerprint density at radius 3 is 2.67 bits per heavy atom. The van der Waals surface area contributed by atoms with Crippen LogP contribution in [0, 0.1) is 0 Å². The molecule has 1 aliphatic heterocycles. The van der Waals surface area contributed by atoms with Crippen molar-refractivity contribution in [2.24, 2.45) is 0 Å². The van der Waals surface area contributed by atoms with Crippen molar-refractivity contribution >= 4 is 9.84 Å². The molecule has 0 spiro atoms. The average molecular weight is 434 g/mol. The number of ether oxygens (including phenoxy) is 1. The van der Waals surface area contributed by atoms with Gasteiger partial charge in [0.1, 0.15) is 0 Å². The molecule has 166 valence electrons. The topological polar surface area (TPSA) is 64.4 Å². The van der Waals surface area contributed by atoms with Crippen molar-refractivity contribution in [2.45, 2.75) is 76.1 Å². The Morgan fingerprint density at radius 1 is 1.27 bits per heavy atom. The summed E-state index contributed by atoms with van der Waals surface area (Å²) in [6, 6.07) is 10.2. The molecule has 3 rings (SSSR count). The van der Waals surface area contributed by atoms with E-state index < -0.39 is 15.1 Å². The van der Waals surface area contributed by atoms with Gasteiger partial charge in [0, 0.05) is 26.2 Å². The van der Waals surface area contributed by atoms with E-state index in [1.165, 1.54) is 5.56 Å². The number of sulfone groups is 1. The lowest BCUT2D eigenvalue weighted by molar-refractivity contribution is 0.0697. The molecule has 7 heteroatoms. The lowest BCUT2D eigenvalue weighted by Gasteiger charge is -2.25. The lowest BCUT2D eigenvalue weighted by atomic mass is 10.1. The molecular weight excluding hydrogens is 398 g/mol. The highest BCUT2D eigenvalue weighted by atomic mass is 32.2. The third kappa shape index (κ3) is 5.71. The van der Waals surface area contributed by atoms with Crippen LogP contribution in [0.3, 0.4) is 0 Å². The number of hydrogen-bond acceptors (Lipinski definition) is 5. The third-order valence-corrected chi connectivity index (χ3v) is 7.73. The SMILES string of the molecule is CCCN(Cc1cnc(S(=O)(=O)C(C)C)n1CCc1ccccc1)C[C@@H]1CCCO1. The van der Waals surface area contributed by atoms with Gasteiger partial charge in [-0.3, -0.25) is 4.90 Å². The molecule has 0 amide bonds. The van der Waals surface area contributed by atoms with Crippen LogP contribution in [0.1, 0.15) is 51.3 Å². The molecule has 1 saturated heterocycles. The molecule has 1 aromatic heterocycles. The molecule has 0 N–H and O–H groups in total. The standard InChI is InChI=1S/C23H35N3O3S/c1-4-13-25(18-22-11-8-15-29-22)17-21-16-24-23(30(27,28)19(2)3)26(21)14-12-20-9-6-5-7-10-20/h5-7,9-10,16,19,22H,4,8,11-15,17-18H2,1-3H3/t22-/m0/s1. The van der Waals surface area contributed by atoms with Gasteiger partial charge in [0.2, 0.25) is 15.0 Å². The monoisotopic (exact) mass is 433 g/mol. The summed E-state index contributed by atoms with van der Waals surface area (Å²) in [5, 5.41) is -0.307.